The second-order valence-electron chi connectivity index (χ2n) is 6.80. The molecule has 0 aliphatic heterocycles. The van der Waals surface area contributed by atoms with E-state index in [9.17, 15) is 0 Å². The molecule has 0 aliphatic carbocycles. The predicted octanol–water partition coefficient (Wildman–Crippen LogP) is 7.85. The standard InChI is InChI=1S/C26H30S2/c1-3-5-7-9-11-13-15-23-17-19-25(27-23)21-22-26-20-18-24(28-26)16-14-12-10-8-6-4-2/h17-20H,3-12H2,1-2H3. The van der Waals surface area contributed by atoms with Crippen molar-refractivity contribution in [3.8, 4) is 35.5 Å². The molecule has 0 saturated carbocycles. The second-order valence-corrected chi connectivity index (χ2v) is 8.97. The second kappa shape index (κ2) is 14.1. The van der Waals surface area contributed by atoms with Gasteiger partial charge >= 0.3 is 0 Å². The van der Waals surface area contributed by atoms with Crippen LogP contribution in [-0.2, 0) is 0 Å². The lowest BCUT2D eigenvalue weighted by Crippen LogP contribution is -1.73. The van der Waals surface area contributed by atoms with Gasteiger partial charge in [0.1, 0.15) is 0 Å². The van der Waals surface area contributed by atoms with E-state index in [2.05, 4.69) is 73.6 Å². The lowest BCUT2D eigenvalue weighted by molar-refractivity contribution is 0.679. The summed E-state index contributed by atoms with van der Waals surface area (Å²) >= 11 is 3.36. The molecule has 2 rings (SSSR count). The van der Waals surface area contributed by atoms with Crippen molar-refractivity contribution in [1.82, 2.24) is 0 Å². The van der Waals surface area contributed by atoms with Gasteiger partial charge in [-0.3, -0.25) is 0 Å². The summed E-state index contributed by atoms with van der Waals surface area (Å²) in [6.07, 6.45) is 12.2. The summed E-state index contributed by atoms with van der Waals surface area (Å²) < 4.78 is 0. The fourth-order valence-corrected chi connectivity index (χ4v) is 4.12. The van der Waals surface area contributed by atoms with Gasteiger partial charge in [-0.1, -0.05) is 76.1 Å². The van der Waals surface area contributed by atoms with Crippen molar-refractivity contribution < 1.29 is 0 Å². The van der Waals surface area contributed by atoms with Crippen LogP contribution in [0.1, 0.15) is 97.6 Å². The first-order valence-corrected chi connectivity index (χ1v) is 12.1. The van der Waals surface area contributed by atoms with E-state index >= 15 is 0 Å². The Bertz CT molecular complexity index is 805. The van der Waals surface area contributed by atoms with Gasteiger partial charge in [-0.25, -0.2) is 0 Å². The molecule has 2 heterocycles. The number of thiophene rings is 2. The van der Waals surface area contributed by atoms with Crippen LogP contribution in [0.2, 0.25) is 0 Å². The predicted molar refractivity (Wildman–Crippen MR) is 126 cm³/mol. The van der Waals surface area contributed by atoms with Gasteiger partial charge in [0.25, 0.3) is 0 Å². The third kappa shape index (κ3) is 9.33. The van der Waals surface area contributed by atoms with Crippen molar-refractivity contribution >= 4 is 22.7 Å². The highest BCUT2D eigenvalue weighted by Gasteiger charge is 1.96. The third-order valence-electron chi connectivity index (χ3n) is 4.25. The Balaban J connectivity index is 1.81. The Labute approximate surface area is 179 Å². The molecule has 0 N–H and O–H groups in total. The zero-order valence-electron chi connectivity index (χ0n) is 17.2. The molecule has 0 nitrogen and oxygen atoms in total. The van der Waals surface area contributed by atoms with Crippen molar-refractivity contribution in [1.29, 1.82) is 0 Å². The topological polar surface area (TPSA) is 0 Å². The fraction of sp³-hybridized carbons (Fsp3) is 0.462. The Morgan fingerprint density at radius 2 is 0.929 bits per heavy atom. The van der Waals surface area contributed by atoms with Crippen LogP contribution in [0.25, 0.3) is 0 Å². The molecular weight excluding hydrogens is 376 g/mol. The highest BCUT2D eigenvalue weighted by Crippen LogP contribution is 2.17. The summed E-state index contributed by atoms with van der Waals surface area (Å²) in [5.74, 6) is 19.6. The monoisotopic (exact) mass is 406 g/mol. The van der Waals surface area contributed by atoms with E-state index < -0.39 is 0 Å². The molecule has 0 bridgehead atoms. The molecule has 2 aromatic rings. The Hall–Kier alpha value is -1.92. The van der Waals surface area contributed by atoms with Gasteiger partial charge in [-0.05, 0) is 48.9 Å². The van der Waals surface area contributed by atoms with Gasteiger partial charge in [0.2, 0.25) is 0 Å². The zero-order valence-corrected chi connectivity index (χ0v) is 18.8. The quantitative estimate of drug-likeness (QED) is 0.309. The lowest BCUT2D eigenvalue weighted by atomic mass is 10.2. The molecule has 0 aliphatic rings. The maximum atomic E-state index is 3.29. The van der Waals surface area contributed by atoms with Crippen LogP contribution < -0.4 is 0 Å². The van der Waals surface area contributed by atoms with E-state index in [1.807, 2.05) is 0 Å². The molecule has 0 saturated heterocycles. The minimum Gasteiger partial charge on any atom is -0.118 e. The summed E-state index contributed by atoms with van der Waals surface area (Å²) in [5.41, 5.74) is 0. The fourth-order valence-electron chi connectivity index (χ4n) is 2.65. The summed E-state index contributed by atoms with van der Waals surface area (Å²) in [4.78, 5) is 4.38. The summed E-state index contributed by atoms with van der Waals surface area (Å²) in [6, 6.07) is 8.31. The summed E-state index contributed by atoms with van der Waals surface area (Å²) in [6.45, 7) is 4.47. The Kier molecular flexibility index (Phi) is 11.3. The molecular formula is C26H30S2. The highest BCUT2D eigenvalue weighted by molar-refractivity contribution is 7.13. The van der Waals surface area contributed by atoms with Gasteiger partial charge in [-0.15, -0.1) is 22.7 Å². The molecule has 0 fully saturated rings. The summed E-state index contributed by atoms with van der Waals surface area (Å²) in [5, 5.41) is 0. The van der Waals surface area contributed by atoms with E-state index in [4.69, 9.17) is 0 Å². The van der Waals surface area contributed by atoms with Gasteiger partial charge in [0, 0.05) is 12.8 Å². The minimum absolute atomic E-state index is 0.997. The van der Waals surface area contributed by atoms with E-state index in [0.717, 1.165) is 32.4 Å². The Morgan fingerprint density at radius 3 is 1.32 bits per heavy atom. The number of hydrogen-bond donors (Lipinski definition) is 0. The van der Waals surface area contributed by atoms with Crippen molar-refractivity contribution in [2.24, 2.45) is 0 Å². The first kappa shape index (κ1) is 22.4. The van der Waals surface area contributed by atoms with Gasteiger partial charge in [-0.2, -0.15) is 0 Å². The largest absolute Gasteiger partial charge is 0.118 e. The van der Waals surface area contributed by atoms with Crippen molar-refractivity contribution in [2.75, 3.05) is 0 Å². The van der Waals surface area contributed by atoms with Crippen LogP contribution in [0.15, 0.2) is 24.3 Å². The van der Waals surface area contributed by atoms with Crippen molar-refractivity contribution in [3.63, 3.8) is 0 Å². The van der Waals surface area contributed by atoms with Gasteiger partial charge in [0.15, 0.2) is 0 Å². The molecule has 2 aromatic heterocycles. The molecule has 28 heavy (non-hydrogen) atoms. The van der Waals surface area contributed by atoms with Crippen LogP contribution in [-0.4, -0.2) is 0 Å². The Morgan fingerprint density at radius 1 is 0.536 bits per heavy atom. The van der Waals surface area contributed by atoms with Crippen LogP contribution in [0.4, 0.5) is 0 Å². The maximum Gasteiger partial charge on any atom is 0.0785 e. The third-order valence-corrected chi connectivity index (χ3v) is 6.09. The SMILES string of the molecule is CCCCCCC#Cc1ccc(C#Cc2ccc(C#CCCCCCC)s2)s1. The van der Waals surface area contributed by atoms with E-state index in [0.29, 0.717) is 0 Å². The van der Waals surface area contributed by atoms with Crippen molar-refractivity contribution in [3.05, 3.63) is 43.8 Å². The number of unbranched alkanes of at least 4 members (excludes halogenated alkanes) is 8. The van der Waals surface area contributed by atoms with Crippen LogP contribution in [0.5, 0.6) is 0 Å². The van der Waals surface area contributed by atoms with Gasteiger partial charge in [0.05, 0.1) is 19.5 Å². The van der Waals surface area contributed by atoms with E-state index in [1.54, 1.807) is 22.7 Å². The highest BCUT2D eigenvalue weighted by atomic mass is 32.1. The van der Waals surface area contributed by atoms with Crippen molar-refractivity contribution in [2.45, 2.75) is 78.1 Å². The zero-order chi connectivity index (χ0) is 19.9. The van der Waals surface area contributed by atoms with Crippen LogP contribution >= 0.6 is 22.7 Å². The number of rotatable bonds is 8. The molecule has 0 amide bonds. The molecule has 0 radical (unpaired) electrons. The molecule has 0 spiro atoms. The molecule has 0 unspecified atom stereocenters. The molecule has 0 atom stereocenters. The average molecular weight is 407 g/mol. The van der Waals surface area contributed by atoms with E-state index in [-0.39, 0.29) is 0 Å². The van der Waals surface area contributed by atoms with E-state index in [1.165, 1.54) is 51.4 Å². The van der Waals surface area contributed by atoms with Crippen LogP contribution in [0.3, 0.4) is 0 Å². The van der Waals surface area contributed by atoms with Crippen LogP contribution in [0, 0.1) is 35.5 Å². The van der Waals surface area contributed by atoms with Gasteiger partial charge < -0.3 is 0 Å². The number of hydrogen-bond acceptors (Lipinski definition) is 2. The lowest BCUT2D eigenvalue weighted by Gasteiger charge is -1.91. The first-order chi connectivity index (χ1) is 13.8. The normalized spacial score (nSPS) is 9.64. The molecule has 0 aromatic carbocycles. The maximum absolute atomic E-state index is 3.29. The summed E-state index contributed by atoms with van der Waals surface area (Å²) in [7, 11) is 0. The molecule has 146 valence electrons. The molecule has 2 heteroatoms. The first-order valence-electron chi connectivity index (χ1n) is 10.5. The minimum atomic E-state index is 0.997. The smallest absolute Gasteiger partial charge is 0.0785 e. The average Bonchev–Trinajstić information content (AvgIpc) is 3.35.